The van der Waals surface area contributed by atoms with Crippen molar-refractivity contribution in [3.63, 3.8) is 0 Å². The summed E-state index contributed by atoms with van der Waals surface area (Å²) in [6.07, 6.45) is 16.4. The number of hydrogen-bond acceptors (Lipinski definition) is 2. The highest BCUT2D eigenvalue weighted by atomic mass is 15.4. The Morgan fingerprint density at radius 2 is 1.56 bits per heavy atom. The van der Waals surface area contributed by atoms with Gasteiger partial charge in [0.25, 0.3) is 0 Å². The first-order valence-corrected chi connectivity index (χ1v) is 11.2. The van der Waals surface area contributed by atoms with Gasteiger partial charge in [-0.1, -0.05) is 56.4 Å². The molecule has 2 atom stereocenters. The average molecular weight is 364 g/mol. The molecule has 144 valence electrons. The Hall–Kier alpha value is -1.70. The molecule has 1 aromatic carbocycles. The summed E-state index contributed by atoms with van der Waals surface area (Å²) in [6.45, 7) is 4.51. The van der Waals surface area contributed by atoms with Gasteiger partial charge in [0.2, 0.25) is 0 Å². The summed E-state index contributed by atoms with van der Waals surface area (Å²) in [5.74, 6) is 1.11. The lowest BCUT2D eigenvalue weighted by atomic mass is 9.83. The predicted molar refractivity (Wildman–Crippen MR) is 113 cm³/mol. The van der Waals surface area contributed by atoms with Crippen LogP contribution in [0.3, 0.4) is 0 Å². The van der Waals surface area contributed by atoms with Crippen LogP contribution < -0.4 is 4.90 Å². The van der Waals surface area contributed by atoms with Crippen LogP contribution in [0.5, 0.6) is 0 Å². The first kappa shape index (κ1) is 16.3. The minimum absolute atomic E-state index is 0.299. The smallest absolute Gasteiger partial charge is 0.109 e. The van der Waals surface area contributed by atoms with E-state index in [1.165, 1.54) is 80.4 Å². The van der Waals surface area contributed by atoms with Gasteiger partial charge < -0.3 is 9.80 Å². The normalized spacial score (nSPS) is 32.5. The predicted octanol–water partition coefficient (Wildman–Crippen LogP) is 6.38. The highest BCUT2D eigenvalue weighted by Crippen LogP contribution is 2.48. The molecule has 2 aliphatic heterocycles. The van der Waals surface area contributed by atoms with Gasteiger partial charge in [-0.2, -0.15) is 0 Å². The lowest BCUT2D eigenvalue weighted by molar-refractivity contribution is 0.134. The van der Waals surface area contributed by atoms with E-state index < -0.39 is 6.02 Å². The fraction of sp³-hybridized carbons (Fsp3) is 0.600. The molecule has 2 aliphatic carbocycles. The monoisotopic (exact) mass is 363 g/mol. The molecule has 1 aromatic rings. The molecule has 2 heteroatoms. The lowest BCUT2D eigenvalue weighted by Crippen LogP contribution is -2.50. The standard InChI is InChI=1S/C25H34N2/c1-18-10-6-9-15-22(18)26-19(2)23-16-17-24(20-11-4-3-5-12-20)27(23)25(26)21-13-7-8-14-21/h6,9-10,15-17,20-21,24-25H,3-5,7-8,11-14H2,1-2H3/i24D. The van der Waals surface area contributed by atoms with Crippen LogP contribution in [0.1, 0.15) is 71.6 Å². The maximum absolute atomic E-state index is 9.67. The van der Waals surface area contributed by atoms with E-state index in [1.54, 1.807) is 0 Å². The van der Waals surface area contributed by atoms with Crippen LogP contribution in [-0.4, -0.2) is 17.1 Å². The van der Waals surface area contributed by atoms with E-state index in [4.69, 9.17) is 0 Å². The van der Waals surface area contributed by atoms with Crippen molar-refractivity contribution in [1.29, 1.82) is 0 Å². The third-order valence-corrected chi connectivity index (χ3v) is 7.43. The van der Waals surface area contributed by atoms with Crippen LogP contribution in [-0.2, 0) is 0 Å². The molecular weight excluding hydrogens is 328 g/mol. The van der Waals surface area contributed by atoms with Crippen molar-refractivity contribution in [2.75, 3.05) is 4.90 Å². The third-order valence-electron chi connectivity index (χ3n) is 7.43. The van der Waals surface area contributed by atoms with Gasteiger partial charge in [-0.25, -0.2) is 0 Å². The minimum Gasteiger partial charge on any atom is -0.342 e. The van der Waals surface area contributed by atoms with Gasteiger partial charge in [0.15, 0.2) is 0 Å². The summed E-state index contributed by atoms with van der Waals surface area (Å²) >= 11 is 0. The van der Waals surface area contributed by atoms with E-state index in [-0.39, 0.29) is 0 Å². The average Bonchev–Trinajstić information content (AvgIpc) is 3.42. The quantitative estimate of drug-likeness (QED) is 0.614. The lowest BCUT2D eigenvalue weighted by Gasteiger charge is -2.43. The number of rotatable bonds is 3. The zero-order valence-electron chi connectivity index (χ0n) is 18.0. The van der Waals surface area contributed by atoms with Crippen molar-refractivity contribution in [3.8, 4) is 0 Å². The highest BCUT2D eigenvalue weighted by Gasteiger charge is 2.47. The van der Waals surface area contributed by atoms with Gasteiger partial charge in [-0.3, -0.25) is 0 Å². The summed E-state index contributed by atoms with van der Waals surface area (Å²) in [7, 11) is 0. The van der Waals surface area contributed by atoms with Crippen molar-refractivity contribution in [2.45, 2.75) is 83.8 Å². The molecule has 0 N–H and O–H groups in total. The van der Waals surface area contributed by atoms with Crippen LogP contribution in [0, 0.1) is 18.8 Å². The molecule has 2 saturated carbocycles. The van der Waals surface area contributed by atoms with Crippen LogP contribution in [0.25, 0.3) is 0 Å². The fourth-order valence-corrected chi connectivity index (χ4v) is 6.06. The number of aryl methyl sites for hydroxylation is 1. The highest BCUT2D eigenvalue weighted by molar-refractivity contribution is 5.62. The van der Waals surface area contributed by atoms with E-state index in [0.29, 0.717) is 18.0 Å². The number of allylic oxidation sites excluding steroid dienone is 2. The SMILES string of the molecule is [2H]C1(C2CCCCC2)C=CC2=C(C)N(c3ccccc3C)C(C3CCCC3)N21. The van der Waals surface area contributed by atoms with E-state index in [2.05, 4.69) is 60.1 Å². The minimum atomic E-state index is -0.568. The third kappa shape index (κ3) is 2.83. The zero-order valence-corrected chi connectivity index (χ0v) is 17.0. The molecule has 0 bridgehead atoms. The summed E-state index contributed by atoms with van der Waals surface area (Å²) < 4.78 is 9.67. The molecule has 2 unspecified atom stereocenters. The van der Waals surface area contributed by atoms with Gasteiger partial charge in [-0.05, 0) is 69.1 Å². The first-order valence-electron chi connectivity index (χ1n) is 11.7. The van der Waals surface area contributed by atoms with Crippen LogP contribution in [0.4, 0.5) is 5.69 Å². The Balaban J connectivity index is 1.60. The number of anilines is 1. The molecule has 2 heterocycles. The molecule has 0 amide bonds. The second kappa shape index (κ2) is 7.04. The molecule has 0 spiro atoms. The molecule has 27 heavy (non-hydrogen) atoms. The Kier molecular flexibility index (Phi) is 4.24. The zero-order chi connectivity index (χ0) is 19.3. The van der Waals surface area contributed by atoms with Gasteiger partial charge >= 0.3 is 0 Å². The summed E-state index contributed by atoms with van der Waals surface area (Å²) in [5.41, 5.74) is 5.31. The second-order valence-electron chi connectivity index (χ2n) is 9.05. The van der Waals surface area contributed by atoms with E-state index in [0.717, 1.165) is 0 Å². The van der Waals surface area contributed by atoms with E-state index in [1.807, 2.05) is 0 Å². The molecule has 0 radical (unpaired) electrons. The Labute approximate surface area is 166 Å². The molecule has 2 nitrogen and oxygen atoms in total. The van der Waals surface area contributed by atoms with Crippen LogP contribution in [0.2, 0.25) is 0 Å². The van der Waals surface area contributed by atoms with E-state index in [9.17, 15) is 1.37 Å². The molecule has 0 saturated heterocycles. The molecule has 2 fully saturated rings. The number of fused-ring (bicyclic) bond motifs is 1. The van der Waals surface area contributed by atoms with Crippen molar-refractivity contribution in [1.82, 2.24) is 4.90 Å². The van der Waals surface area contributed by atoms with E-state index >= 15 is 0 Å². The van der Waals surface area contributed by atoms with Crippen molar-refractivity contribution in [2.24, 2.45) is 11.8 Å². The Bertz CT molecular complexity index is 801. The number of hydrogen-bond donors (Lipinski definition) is 0. The Morgan fingerprint density at radius 1 is 0.889 bits per heavy atom. The summed E-state index contributed by atoms with van der Waals surface area (Å²) in [6, 6.07) is 8.24. The maximum Gasteiger partial charge on any atom is 0.109 e. The van der Waals surface area contributed by atoms with Gasteiger partial charge in [0.05, 0.1) is 13.1 Å². The topological polar surface area (TPSA) is 6.48 Å². The second-order valence-corrected chi connectivity index (χ2v) is 9.05. The first-order chi connectivity index (χ1) is 13.6. The van der Waals surface area contributed by atoms with Gasteiger partial charge in [0.1, 0.15) is 6.17 Å². The number of para-hydroxylation sites is 1. The van der Waals surface area contributed by atoms with Crippen molar-refractivity contribution < 1.29 is 1.37 Å². The number of nitrogens with zero attached hydrogens (tertiary/aromatic N) is 2. The van der Waals surface area contributed by atoms with Gasteiger partial charge in [0, 0.05) is 11.4 Å². The van der Waals surface area contributed by atoms with Crippen LogP contribution in [0.15, 0.2) is 47.8 Å². The van der Waals surface area contributed by atoms with Gasteiger partial charge in [-0.15, -0.1) is 0 Å². The maximum atomic E-state index is 9.67. The summed E-state index contributed by atoms with van der Waals surface area (Å²) in [4.78, 5) is 5.14. The molecule has 5 rings (SSSR count). The van der Waals surface area contributed by atoms with Crippen molar-refractivity contribution in [3.05, 3.63) is 53.4 Å². The molecular formula is C25H34N2. The van der Waals surface area contributed by atoms with Crippen molar-refractivity contribution >= 4 is 5.69 Å². The number of benzene rings is 1. The summed E-state index contributed by atoms with van der Waals surface area (Å²) in [5, 5.41) is 0. The fourth-order valence-electron chi connectivity index (χ4n) is 6.06. The largest absolute Gasteiger partial charge is 0.342 e. The molecule has 4 aliphatic rings. The Morgan fingerprint density at radius 3 is 2.30 bits per heavy atom. The van der Waals surface area contributed by atoms with Crippen LogP contribution >= 0.6 is 0 Å². The molecule has 0 aromatic heterocycles.